The molecule has 1 N–H and O–H groups in total. The minimum Gasteiger partial charge on any atom is -0.478 e. The van der Waals surface area contributed by atoms with Gasteiger partial charge in [0, 0.05) is 49.5 Å². The number of aryl methyl sites for hydroxylation is 1. The van der Waals surface area contributed by atoms with Gasteiger partial charge in [-0.1, -0.05) is 31.9 Å². The van der Waals surface area contributed by atoms with Gasteiger partial charge in [-0.2, -0.15) is 13.2 Å². The van der Waals surface area contributed by atoms with Gasteiger partial charge in [0.2, 0.25) is 5.88 Å². The van der Waals surface area contributed by atoms with Crippen LogP contribution in [0.2, 0.25) is 0 Å². The molecule has 11 heteroatoms. The van der Waals surface area contributed by atoms with Crippen LogP contribution in [0, 0.1) is 12.7 Å². The lowest BCUT2D eigenvalue weighted by Crippen LogP contribution is -2.55. The third kappa shape index (κ3) is 6.97. The second-order valence-corrected chi connectivity index (χ2v) is 10.8. The van der Waals surface area contributed by atoms with Gasteiger partial charge in [0.05, 0.1) is 29.0 Å². The zero-order valence-electron chi connectivity index (χ0n) is 25.4. The fourth-order valence-corrected chi connectivity index (χ4v) is 5.50. The van der Waals surface area contributed by atoms with Crippen LogP contribution in [0.1, 0.15) is 71.9 Å². The number of rotatable bonds is 10. The van der Waals surface area contributed by atoms with Gasteiger partial charge in [-0.25, -0.2) is 9.37 Å². The Hall–Kier alpha value is -4.15. The van der Waals surface area contributed by atoms with Crippen molar-refractivity contribution < 1.29 is 31.9 Å². The molecule has 0 saturated carbocycles. The average molecular weight is 615 g/mol. The number of nitrogens with zero attached hydrogens (tertiary/aromatic N) is 3. The van der Waals surface area contributed by atoms with E-state index in [1.165, 1.54) is 17.0 Å². The van der Waals surface area contributed by atoms with E-state index < -0.39 is 34.9 Å². The molecule has 3 aromatic rings. The highest BCUT2D eigenvalue weighted by molar-refractivity contribution is 6.02. The molecular formula is C33H38F4N4O3. The quantitative estimate of drug-likeness (QED) is 0.199. The van der Waals surface area contributed by atoms with Crippen molar-refractivity contribution >= 4 is 17.5 Å². The number of pyridine rings is 1. The lowest BCUT2D eigenvalue weighted by Gasteiger charge is -2.43. The van der Waals surface area contributed by atoms with E-state index in [0.29, 0.717) is 36.4 Å². The zero-order valence-corrected chi connectivity index (χ0v) is 25.4. The van der Waals surface area contributed by atoms with Crippen LogP contribution >= 0.6 is 0 Å². The fourth-order valence-electron chi connectivity index (χ4n) is 5.50. The first-order valence-electron chi connectivity index (χ1n) is 14.9. The number of unbranched alkanes of at least 4 members (excludes halogenated alkanes) is 1. The number of nitrogens with one attached hydrogen (secondary N) is 1. The molecule has 236 valence electrons. The topological polar surface area (TPSA) is 74.8 Å². The van der Waals surface area contributed by atoms with Gasteiger partial charge in [-0.15, -0.1) is 0 Å². The van der Waals surface area contributed by atoms with Crippen LogP contribution in [0.3, 0.4) is 0 Å². The summed E-state index contributed by atoms with van der Waals surface area (Å²) in [5.74, 6) is -1.77. The summed E-state index contributed by atoms with van der Waals surface area (Å²) in [5, 5.41) is 2.82. The van der Waals surface area contributed by atoms with Crippen molar-refractivity contribution in [2.24, 2.45) is 0 Å². The Morgan fingerprint density at radius 3 is 2.52 bits per heavy atom. The van der Waals surface area contributed by atoms with Gasteiger partial charge < -0.3 is 19.9 Å². The number of alkyl halides is 3. The number of benzene rings is 2. The zero-order chi connectivity index (χ0) is 32.0. The first kappa shape index (κ1) is 32.8. The van der Waals surface area contributed by atoms with Gasteiger partial charge >= 0.3 is 6.18 Å². The minimum absolute atomic E-state index is 0.0951. The Labute approximate surface area is 255 Å². The van der Waals surface area contributed by atoms with Gasteiger partial charge in [0.15, 0.2) is 0 Å². The number of ether oxygens (including phenoxy) is 1. The predicted octanol–water partition coefficient (Wildman–Crippen LogP) is 6.88. The number of hydrogen-bond donors (Lipinski definition) is 1. The van der Waals surface area contributed by atoms with E-state index in [9.17, 15) is 22.8 Å². The monoisotopic (exact) mass is 614 g/mol. The Bertz CT molecular complexity index is 1490. The molecule has 1 aromatic heterocycles. The van der Waals surface area contributed by atoms with E-state index in [1.54, 1.807) is 44.3 Å². The lowest BCUT2D eigenvalue weighted by atomic mass is 9.97. The van der Waals surface area contributed by atoms with Crippen LogP contribution in [0.15, 0.2) is 48.7 Å². The molecule has 0 unspecified atom stereocenters. The Kier molecular flexibility index (Phi) is 10.5. The summed E-state index contributed by atoms with van der Waals surface area (Å²) in [6.07, 6.45) is -1.08. The van der Waals surface area contributed by atoms with Gasteiger partial charge in [0.25, 0.3) is 11.8 Å². The highest BCUT2D eigenvalue weighted by Crippen LogP contribution is 2.38. The average Bonchev–Trinajstić information content (AvgIpc) is 3.00. The summed E-state index contributed by atoms with van der Waals surface area (Å²) >= 11 is 0. The highest BCUT2D eigenvalue weighted by atomic mass is 19.4. The number of anilines is 1. The van der Waals surface area contributed by atoms with Crippen LogP contribution in [-0.4, -0.2) is 60.5 Å². The lowest BCUT2D eigenvalue weighted by molar-refractivity contribution is -0.138. The molecule has 0 aliphatic carbocycles. The molecule has 1 atom stereocenters. The maximum Gasteiger partial charge on any atom is 0.417 e. The molecule has 2 aromatic carbocycles. The molecule has 0 radical (unpaired) electrons. The second-order valence-electron chi connectivity index (χ2n) is 10.8. The first-order chi connectivity index (χ1) is 21.0. The normalized spacial score (nSPS) is 15.3. The fraction of sp³-hybridized carbons (Fsp3) is 0.424. The minimum atomic E-state index is -4.68. The van der Waals surface area contributed by atoms with E-state index in [4.69, 9.17) is 4.74 Å². The summed E-state index contributed by atoms with van der Waals surface area (Å²) in [6, 6.07) is 9.91. The SMILES string of the molecule is CCCCNC(=O)c1c(N2CCN(C(=O)c3ccc(C)cc3C(F)(F)F)C[C@H]2CC)ccc(-c2cccnc2OCC)c1F. The molecule has 7 nitrogen and oxygen atoms in total. The number of halogens is 4. The Morgan fingerprint density at radius 1 is 1.07 bits per heavy atom. The smallest absolute Gasteiger partial charge is 0.417 e. The Morgan fingerprint density at radius 2 is 1.84 bits per heavy atom. The van der Waals surface area contributed by atoms with Gasteiger partial charge in [0.1, 0.15) is 5.82 Å². The molecule has 1 saturated heterocycles. The first-order valence-corrected chi connectivity index (χ1v) is 14.9. The van der Waals surface area contributed by atoms with Crippen LogP contribution in [0.5, 0.6) is 5.88 Å². The van der Waals surface area contributed by atoms with Gasteiger partial charge in [-0.3, -0.25) is 9.59 Å². The summed E-state index contributed by atoms with van der Waals surface area (Å²) in [6.45, 7) is 8.30. The summed E-state index contributed by atoms with van der Waals surface area (Å²) < 4.78 is 63.5. The third-order valence-electron chi connectivity index (χ3n) is 7.77. The van der Waals surface area contributed by atoms with Crippen LogP contribution in [0.4, 0.5) is 23.2 Å². The third-order valence-corrected chi connectivity index (χ3v) is 7.77. The van der Waals surface area contributed by atoms with Crippen molar-refractivity contribution in [3.63, 3.8) is 0 Å². The maximum atomic E-state index is 16.5. The number of carbonyl (C=O) groups excluding carboxylic acids is 2. The molecule has 2 amide bonds. The largest absolute Gasteiger partial charge is 0.478 e. The van der Waals surface area contributed by atoms with Crippen LogP contribution in [0.25, 0.3) is 11.1 Å². The van der Waals surface area contributed by atoms with Crippen LogP contribution < -0.4 is 15.0 Å². The van der Waals surface area contributed by atoms with E-state index in [0.717, 1.165) is 18.9 Å². The molecule has 1 fully saturated rings. The standard InChI is InChI=1S/C33H38F4N4O3/c1-5-8-15-38-30(42)28-27(14-13-23(29(28)34)24-10-9-16-39-31(24)44-7-3)41-18-17-40(20-22(41)6-2)32(43)25-12-11-21(4)19-26(25)33(35,36)37/h9-14,16,19,22H,5-8,15,17-18,20H2,1-4H3,(H,38,42)/t22-/m1/s1. The molecule has 1 aliphatic rings. The predicted molar refractivity (Wildman–Crippen MR) is 162 cm³/mol. The van der Waals surface area contributed by atoms with Gasteiger partial charge in [-0.05, 0) is 63.1 Å². The van der Waals surface area contributed by atoms with Crippen molar-refractivity contribution in [3.05, 3.63) is 76.7 Å². The molecule has 2 heterocycles. The molecule has 44 heavy (non-hydrogen) atoms. The highest BCUT2D eigenvalue weighted by Gasteiger charge is 2.38. The number of amides is 2. The van der Waals surface area contributed by atoms with Crippen molar-refractivity contribution in [2.75, 3.05) is 37.7 Å². The summed E-state index contributed by atoms with van der Waals surface area (Å²) in [7, 11) is 0. The van der Waals surface area contributed by atoms with Crippen LogP contribution in [-0.2, 0) is 6.18 Å². The van der Waals surface area contributed by atoms with E-state index in [1.807, 2.05) is 18.7 Å². The molecule has 1 aliphatic heterocycles. The molecule has 4 rings (SSSR count). The van der Waals surface area contributed by atoms with E-state index in [2.05, 4.69) is 10.3 Å². The second kappa shape index (κ2) is 14.1. The Balaban J connectivity index is 1.71. The maximum absolute atomic E-state index is 16.5. The number of aromatic nitrogens is 1. The number of carbonyl (C=O) groups is 2. The molecule has 0 spiro atoms. The van der Waals surface area contributed by atoms with E-state index >= 15 is 4.39 Å². The van der Waals surface area contributed by atoms with Crippen molar-refractivity contribution in [1.82, 2.24) is 15.2 Å². The van der Waals surface area contributed by atoms with Crippen molar-refractivity contribution in [2.45, 2.75) is 59.2 Å². The molecular weight excluding hydrogens is 576 g/mol. The van der Waals surface area contributed by atoms with E-state index in [-0.39, 0.29) is 42.7 Å². The summed E-state index contributed by atoms with van der Waals surface area (Å²) in [5.41, 5.74) is -0.190. The molecule has 0 bridgehead atoms. The van der Waals surface area contributed by atoms with Crippen molar-refractivity contribution in [3.8, 4) is 17.0 Å². The number of piperazine rings is 1. The summed E-state index contributed by atoms with van der Waals surface area (Å²) in [4.78, 5) is 34.4. The van der Waals surface area contributed by atoms with Crippen molar-refractivity contribution in [1.29, 1.82) is 0 Å². The number of hydrogen-bond acceptors (Lipinski definition) is 5.